The van der Waals surface area contributed by atoms with Crippen molar-refractivity contribution in [2.45, 2.75) is 26.4 Å². The number of esters is 3. The molecule has 0 bridgehead atoms. The Morgan fingerprint density at radius 2 is 1.29 bits per heavy atom. The molecule has 0 aliphatic rings. The quantitative estimate of drug-likeness (QED) is 0.218. The zero-order chi connectivity index (χ0) is 25.2. The maximum atomic E-state index is 12.3. The van der Waals surface area contributed by atoms with Gasteiger partial charge in [0.1, 0.15) is 18.1 Å². The van der Waals surface area contributed by atoms with Crippen LogP contribution in [0.2, 0.25) is 0 Å². The molecular weight excluding hydrogens is 444 g/mol. The molecule has 0 heterocycles. The van der Waals surface area contributed by atoms with Crippen molar-refractivity contribution in [2.24, 2.45) is 0 Å². The van der Waals surface area contributed by atoms with Gasteiger partial charge in [-0.1, -0.05) is 61.7 Å². The van der Waals surface area contributed by atoms with Crippen LogP contribution >= 0.6 is 0 Å². The molecule has 3 aromatic rings. The minimum atomic E-state index is -0.468. The van der Waals surface area contributed by atoms with Gasteiger partial charge in [-0.3, -0.25) is 4.79 Å². The van der Waals surface area contributed by atoms with E-state index in [1.54, 1.807) is 31.2 Å². The lowest BCUT2D eigenvalue weighted by atomic mass is 10.1. The van der Waals surface area contributed by atoms with Crippen molar-refractivity contribution < 1.29 is 28.6 Å². The van der Waals surface area contributed by atoms with Gasteiger partial charge in [-0.05, 0) is 59.9 Å². The first-order valence-corrected chi connectivity index (χ1v) is 11.0. The van der Waals surface area contributed by atoms with Gasteiger partial charge in [-0.15, -0.1) is 0 Å². The molecule has 0 N–H and O–H groups in total. The van der Waals surface area contributed by atoms with Gasteiger partial charge in [0.15, 0.2) is 0 Å². The Labute approximate surface area is 204 Å². The van der Waals surface area contributed by atoms with Gasteiger partial charge in [0.2, 0.25) is 0 Å². The smallest absolute Gasteiger partial charge is 0.338 e. The zero-order valence-electron chi connectivity index (χ0n) is 19.5. The van der Waals surface area contributed by atoms with E-state index in [1.807, 2.05) is 48.5 Å². The zero-order valence-corrected chi connectivity index (χ0v) is 19.5. The van der Waals surface area contributed by atoms with Gasteiger partial charge >= 0.3 is 17.9 Å². The lowest BCUT2D eigenvalue weighted by Crippen LogP contribution is -2.09. The largest absolute Gasteiger partial charge is 0.458 e. The summed E-state index contributed by atoms with van der Waals surface area (Å²) in [6.07, 6.45) is 1.89. The van der Waals surface area contributed by atoms with E-state index in [4.69, 9.17) is 14.2 Å². The van der Waals surface area contributed by atoms with Gasteiger partial charge in [0.05, 0.1) is 0 Å². The molecule has 0 unspecified atom stereocenters. The third-order valence-corrected chi connectivity index (χ3v) is 5.02. The van der Waals surface area contributed by atoms with Crippen molar-refractivity contribution in [1.82, 2.24) is 0 Å². The highest BCUT2D eigenvalue weighted by atomic mass is 16.5. The summed E-state index contributed by atoms with van der Waals surface area (Å²) in [6, 6.07) is 21.8. The highest BCUT2D eigenvalue weighted by Crippen LogP contribution is 2.25. The summed E-state index contributed by atoms with van der Waals surface area (Å²) >= 11 is 0. The van der Waals surface area contributed by atoms with Crippen molar-refractivity contribution in [3.63, 3.8) is 0 Å². The Bertz CT molecular complexity index is 1210. The number of hydrogen-bond acceptors (Lipinski definition) is 6. The third-order valence-electron chi connectivity index (χ3n) is 5.02. The third kappa shape index (κ3) is 7.82. The van der Waals surface area contributed by atoms with Crippen LogP contribution in [0.25, 0.3) is 11.1 Å². The van der Waals surface area contributed by atoms with Gasteiger partial charge in [0.25, 0.3) is 0 Å². The molecule has 3 rings (SSSR count). The molecule has 0 radical (unpaired) electrons. The molecule has 6 nitrogen and oxygen atoms in total. The Morgan fingerprint density at radius 3 is 1.80 bits per heavy atom. The predicted molar refractivity (Wildman–Crippen MR) is 133 cm³/mol. The summed E-state index contributed by atoms with van der Waals surface area (Å²) in [5.41, 5.74) is 4.03. The standard InChI is InChI=1S/C29H26O6/c1-4-27(30)33-19-22-7-5-21(6-8-22)9-18-28(31)34-25-14-10-23(11-15-25)24-12-16-26(17-13-24)35-29(32)20(2)3/h4-8,10-17H,1-2,9,18-19H2,3H3. The van der Waals surface area contributed by atoms with Crippen LogP contribution in [0.3, 0.4) is 0 Å². The Morgan fingerprint density at radius 1 is 0.771 bits per heavy atom. The van der Waals surface area contributed by atoms with Crippen LogP contribution in [0.4, 0.5) is 0 Å². The second-order valence-electron chi connectivity index (χ2n) is 7.82. The number of benzene rings is 3. The lowest BCUT2D eigenvalue weighted by Gasteiger charge is -2.08. The fourth-order valence-corrected chi connectivity index (χ4v) is 3.07. The fourth-order valence-electron chi connectivity index (χ4n) is 3.07. The maximum absolute atomic E-state index is 12.3. The number of carbonyl (C=O) groups excluding carboxylic acids is 3. The van der Waals surface area contributed by atoms with Gasteiger partial charge in [-0.25, -0.2) is 9.59 Å². The number of rotatable bonds is 10. The number of hydrogen-bond donors (Lipinski definition) is 0. The normalized spacial score (nSPS) is 10.2. The highest BCUT2D eigenvalue weighted by molar-refractivity contribution is 5.88. The average Bonchev–Trinajstić information content (AvgIpc) is 2.87. The molecular formula is C29H26O6. The first kappa shape index (κ1) is 25.2. The molecule has 0 amide bonds. The molecule has 0 aliphatic heterocycles. The maximum Gasteiger partial charge on any atom is 0.338 e. The van der Waals surface area contributed by atoms with E-state index in [0.29, 0.717) is 23.5 Å². The molecule has 0 aliphatic carbocycles. The van der Waals surface area contributed by atoms with E-state index < -0.39 is 11.9 Å². The molecule has 0 spiro atoms. The molecule has 0 saturated heterocycles. The highest BCUT2D eigenvalue weighted by Gasteiger charge is 2.08. The van der Waals surface area contributed by atoms with Crippen LogP contribution in [0.1, 0.15) is 24.5 Å². The molecule has 35 heavy (non-hydrogen) atoms. The van der Waals surface area contributed by atoms with Crippen LogP contribution in [-0.2, 0) is 32.1 Å². The van der Waals surface area contributed by atoms with Gasteiger partial charge in [-0.2, -0.15) is 0 Å². The summed E-state index contributed by atoms with van der Waals surface area (Å²) < 4.78 is 15.6. The van der Waals surface area contributed by atoms with E-state index in [2.05, 4.69) is 13.2 Å². The Kier molecular flexibility index (Phi) is 8.73. The van der Waals surface area contributed by atoms with Gasteiger partial charge in [0, 0.05) is 18.1 Å². The van der Waals surface area contributed by atoms with E-state index in [9.17, 15) is 14.4 Å². The molecule has 0 saturated carbocycles. The second kappa shape index (κ2) is 12.1. The van der Waals surface area contributed by atoms with Crippen molar-refractivity contribution in [3.8, 4) is 22.6 Å². The van der Waals surface area contributed by atoms with Crippen molar-refractivity contribution in [1.29, 1.82) is 0 Å². The van der Waals surface area contributed by atoms with Crippen LogP contribution in [-0.4, -0.2) is 17.9 Å². The lowest BCUT2D eigenvalue weighted by molar-refractivity contribution is -0.139. The summed E-state index contributed by atoms with van der Waals surface area (Å²) in [6.45, 7) is 8.69. The van der Waals surface area contributed by atoms with Crippen LogP contribution in [0.5, 0.6) is 11.5 Å². The fraction of sp³-hybridized carbons (Fsp3) is 0.138. The minimum absolute atomic E-state index is 0.176. The number of aryl methyl sites for hydroxylation is 1. The monoisotopic (exact) mass is 470 g/mol. The van der Waals surface area contributed by atoms with E-state index >= 15 is 0 Å². The van der Waals surface area contributed by atoms with E-state index in [-0.39, 0.29) is 19.0 Å². The van der Waals surface area contributed by atoms with Crippen molar-refractivity contribution in [2.75, 3.05) is 0 Å². The molecule has 3 aromatic carbocycles. The first-order valence-electron chi connectivity index (χ1n) is 11.0. The van der Waals surface area contributed by atoms with Gasteiger partial charge < -0.3 is 14.2 Å². The number of ether oxygens (including phenoxy) is 3. The SMILES string of the molecule is C=CC(=O)OCc1ccc(CCC(=O)Oc2ccc(-c3ccc(OC(=O)C(=C)C)cc3)cc2)cc1. The molecule has 6 heteroatoms. The van der Waals surface area contributed by atoms with Crippen molar-refractivity contribution in [3.05, 3.63) is 109 Å². The minimum Gasteiger partial charge on any atom is -0.458 e. The number of carbonyl (C=O) groups is 3. The van der Waals surface area contributed by atoms with Crippen LogP contribution < -0.4 is 9.47 Å². The van der Waals surface area contributed by atoms with Crippen molar-refractivity contribution >= 4 is 17.9 Å². The molecule has 0 atom stereocenters. The Hall–Kier alpha value is -4.45. The average molecular weight is 471 g/mol. The first-order chi connectivity index (χ1) is 16.8. The topological polar surface area (TPSA) is 78.9 Å². The van der Waals surface area contributed by atoms with Crippen LogP contribution in [0.15, 0.2) is 97.6 Å². The molecule has 0 aromatic heterocycles. The van der Waals surface area contributed by atoms with E-state index in [0.717, 1.165) is 28.3 Å². The second-order valence-corrected chi connectivity index (χ2v) is 7.82. The summed E-state index contributed by atoms with van der Waals surface area (Å²) in [5, 5.41) is 0. The summed E-state index contributed by atoms with van der Waals surface area (Å²) in [7, 11) is 0. The molecule has 178 valence electrons. The predicted octanol–water partition coefficient (Wildman–Crippen LogP) is 5.60. The Balaban J connectivity index is 1.48. The van der Waals surface area contributed by atoms with Crippen LogP contribution in [0, 0.1) is 0 Å². The van der Waals surface area contributed by atoms with E-state index in [1.165, 1.54) is 0 Å². The summed E-state index contributed by atoms with van der Waals surface area (Å²) in [4.78, 5) is 35.0. The molecule has 0 fully saturated rings. The summed E-state index contributed by atoms with van der Waals surface area (Å²) in [5.74, 6) is -0.356.